The molecule has 1 aliphatic rings. The Labute approximate surface area is 119 Å². The van der Waals surface area contributed by atoms with E-state index >= 15 is 0 Å². The van der Waals surface area contributed by atoms with Gasteiger partial charge in [-0.15, -0.1) is 0 Å². The molecule has 2 heteroatoms. The van der Waals surface area contributed by atoms with Crippen LogP contribution in [0.3, 0.4) is 0 Å². The molecule has 1 aliphatic carbocycles. The van der Waals surface area contributed by atoms with Gasteiger partial charge in [0.1, 0.15) is 0 Å². The van der Waals surface area contributed by atoms with Crippen molar-refractivity contribution in [1.82, 2.24) is 5.32 Å². The number of hydrogen-bond donors (Lipinski definition) is 1. The summed E-state index contributed by atoms with van der Waals surface area (Å²) in [6.07, 6.45) is 2.54. The largest absolute Gasteiger partial charge is 0.349 e. The molecule has 0 fully saturated rings. The quantitative estimate of drug-likeness (QED) is 0.906. The molecule has 2 aromatic rings. The maximum Gasteiger partial charge on any atom is 0.224 e. The van der Waals surface area contributed by atoms with Crippen molar-refractivity contribution in [3.8, 4) is 0 Å². The number of carbonyl (C=O) groups is 1. The maximum atomic E-state index is 12.2. The summed E-state index contributed by atoms with van der Waals surface area (Å²) in [4.78, 5) is 12.2. The molecular formula is C18H19NO. The second-order valence-corrected chi connectivity index (χ2v) is 5.46. The Balaban J connectivity index is 1.68. The molecule has 0 aliphatic heterocycles. The Morgan fingerprint density at radius 2 is 1.90 bits per heavy atom. The molecule has 0 spiro atoms. The van der Waals surface area contributed by atoms with Crippen LogP contribution in [0.15, 0.2) is 48.5 Å². The van der Waals surface area contributed by atoms with Crippen LogP contribution in [0.2, 0.25) is 0 Å². The minimum absolute atomic E-state index is 0.112. The van der Waals surface area contributed by atoms with Gasteiger partial charge < -0.3 is 5.32 Å². The highest BCUT2D eigenvalue weighted by molar-refractivity contribution is 5.79. The zero-order valence-electron chi connectivity index (χ0n) is 11.7. The van der Waals surface area contributed by atoms with E-state index in [1.165, 1.54) is 16.7 Å². The summed E-state index contributed by atoms with van der Waals surface area (Å²) < 4.78 is 0. The average Bonchev–Trinajstić information content (AvgIpc) is 2.85. The third-order valence-electron chi connectivity index (χ3n) is 4.08. The van der Waals surface area contributed by atoms with E-state index in [0.29, 0.717) is 6.42 Å². The highest BCUT2D eigenvalue weighted by atomic mass is 16.1. The maximum absolute atomic E-state index is 12.2. The van der Waals surface area contributed by atoms with Gasteiger partial charge in [-0.25, -0.2) is 0 Å². The van der Waals surface area contributed by atoms with Crippen LogP contribution in [0.4, 0.5) is 0 Å². The summed E-state index contributed by atoms with van der Waals surface area (Å²) in [5.74, 6) is 0.112. The summed E-state index contributed by atoms with van der Waals surface area (Å²) >= 11 is 0. The van der Waals surface area contributed by atoms with Crippen LogP contribution in [0, 0.1) is 6.92 Å². The van der Waals surface area contributed by atoms with Gasteiger partial charge in [0, 0.05) is 0 Å². The number of fused-ring (bicyclic) bond motifs is 1. The van der Waals surface area contributed by atoms with Gasteiger partial charge in [0.25, 0.3) is 0 Å². The summed E-state index contributed by atoms with van der Waals surface area (Å²) in [5, 5.41) is 3.17. The number of nitrogens with one attached hydrogen (secondary N) is 1. The molecule has 0 saturated heterocycles. The van der Waals surface area contributed by atoms with Crippen molar-refractivity contribution in [3.63, 3.8) is 0 Å². The van der Waals surface area contributed by atoms with E-state index in [1.54, 1.807) is 0 Å². The lowest BCUT2D eigenvalue weighted by Gasteiger charge is -2.14. The Kier molecular flexibility index (Phi) is 3.55. The Hall–Kier alpha value is -2.09. The van der Waals surface area contributed by atoms with E-state index in [0.717, 1.165) is 18.4 Å². The zero-order valence-corrected chi connectivity index (χ0v) is 11.7. The van der Waals surface area contributed by atoms with E-state index in [-0.39, 0.29) is 11.9 Å². The van der Waals surface area contributed by atoms with E-state index in [1.807, 2.05) is 37.3 Å². The lowest BCUT2D eigenvalue weighted by molar-refractivity contribution is -0.121. The fourth-order valence-corrected chi connectivity index (χ4v) is 2.93. The third-order valence-corrected chi connectivity index (χ3v) is 4.08. The van der Waals surface area contributed by atoms with Gasteiger partial charge >= 0.3 is 0 Å². The van der Waals surface area contributed by atoms with Gasteiger partial charge in [-0.2, -0.15) is 0 Å². The molecule has 0 heterocycles. The Morgan fingerprint density at radius 3 is 2.75 bits per heavy atom. The smallest absolute Gasteiger partial charge is 0.224 e. The van der Waals surface area contributed by atoms with Crippen LogP contribution in [0.5, 0.6) is 0 Å². The molecule has 2 aromatic carbocycles. The van der Waals surface area contributed by atoms with E-state index in [9.17, 15) is 4.79 Å². The highest BCUT2D eigenvalue weighted by Crippen LogP contribution is 2.30. The van der Waals surface area contributed by atoms with E-state index in [4.69, 9.17) is 0 Å². The molecule has 1 N–H and O–H groups in total. The summed E-state index contributed by atoms with van der Waals surface area (Å²) in [6.45, 7) is 2.05. The first-order valence-electron chi connectivity index (χ1n) is 7.16. The fraction of sp³-hybridized carbons (Fsp3) is 0.278. The average molecular weight is 265 g/mol. The molecule has 1 amide bonds. The van der Waals surface area contributed by atoms with Gasteiger partial charge in [-0.3, -0.25) is 4.79 Å². The van der Waals surface area contributed by atoms with Crippen LogP contribution in [-0.2, 0) is 17.6 Å². The van der Waals surface area contributed by atoms with Gasteiger partial charge in [0.15, 0.2) is 0 Å². The third kappa shape index (κ3) is 2.60. The van der Waals surface area contributed by atoms with E-state index < -0.39 is 0 Å². The van der Waals surface area contributed by atoms with Crippen molar-refractivity contribution in [2.75, 3.05) is 0 Å². The van der Waals surface area contributed by atoms with Crippen LogP contribution < -0.4 is 5.32 Å². The van der Waals surface area contributed by atoms with Crippen molar-refractivity contribution >= 4 is 5.91 Å². The molecule has 1 unspecified atom stereocenters. The first-order valence-corrected chi connectivity index (χ1v) is 7.16. The molecule has 0 saturated carbocycles. The first kappa shape index (κ1) is 12.9. The van der Waals surface area contributed by atoms with E-state index in [2.05, 4.69) is 23.5 Å². The van der Waals surface area contributed by atoms with Gasteiger partial charge in [-0.05, 0) is 42.0 Å². The van der Waals surface area contributed by atoms with Gasteiger partial charge in [0.2, 0.25) is 5.91 Å². The summed E-state index contributed by atoms with van der Waals surface area (Å²) in [5.41, 5.74) is 4.94. The number of aryl methyl sites for hydroxylation is 2. The normalized spacial score (nSPS) is 16.8. The lowest BCUT2D eigenvalue weighted by atomic mass is 10.0. The minimum atomic E-state index is 0.112. The SMILES string of the molecule is Cc1ccccc1CC(=O)NC1CCc2ccccc21. The van der Waals surface area contributed by atoms with Crippen LogP contribution >= 0.6 is 0 Å². The number of carbonyl (C=O) groups excluding carboxylic acids is 1. The Morgan fingerprint density at radius 1 is 1.15 bits per heavy atom. The van der Waals surface area contributed by atoms with Crippen LogP contribution in [0.25, 0.3) is 0 Å². The summed E-state index contributed by atoms with van der Waals surface area (Å²) in [6, 6.07) is 16.6. The molecule has 0 aromatic heterocycles. The lowest BCUT2D eigenvalue weighted by Crippen LogP contribution is -2.28. The molecule has 0 bridgehead atoms. The molecular weight excluding hydrogens is 246 g/mol. The molecule has 3 rings (SSSR count). The van der Waals surface area contributed by atoms with Crippen LogP contribution in [0.1, 0.15) is 34.7 Å². The highest BCUT2D eigenvalue weighted by Gasteiger charge is 2.23. The second-order valence-electron chi connectivity index (χ2n) is 5.46. The topological polar surface area (TPSA) is 29.1 Å². The number of rotatable bonds is 3. The second kappa shape index (κ2) is 5.49. The number of benzene rings is 2. The predicted molar refractivity (Wildman–Crippen MR) is 80.5 cm³/mol. The molecule has 102 valence electrons. The monoisotopic (exact) mass is 265 g/mol. The van der Waals surface area contributed by atoms with Crippen molar-refractivity contribution < 1.29 is 4.79 Å². The number of amides is 1. The van der Waals surface area contributed by atoms with Crippen LogP contribution in [-0.4, -0.2) is 5.91 Å². The van der Waals surface area contributed by atoms with Gasteiger partial charge in [-0.1, -0.05) is 48.5 Å². The van der Waals surface area contributed by atoms with Crippen molar-refractivity contribution in [2.45, 2.75) is 32.2 Å². The fourth-order valence-electron chi connectivity index (χ4n) is 2.93. The molecule has 2 nitrogen and oxygen atoms in total. The predicted octanol–water partition coefficient (Wildman–Crippen LogP) is 3.34. The molecule has 20 heavy (non-hydrogen) atoms. The zero-order chi connectivity index (χ0) is 13.9. The summed E-state index contributed by atoms with van der Waals surface area (Å²) in [7, 11) is 0. The van der Waals surface area contributed by atoms with Crippen molar-refractivity contribution in [2.24, 2.45) is 0 Å². The molecule has 0 radical (unpaired) electrons. The van der Waals surface area contributed by atoms with Crippen molar-refractivity contribution in [1.29, 1.82) is 0 Å². The number of hydrogen-bond acceptors (Lipinski definition) is 1. The molecule has 1 atom stereocenters. The standard InChI is InChI=1S/C18H19NO/c1-13-6-2-3-8-15(13)12-18(20)19-17-11-10-14-7-4-5-9-16(14)17/h2-9,17H,10-12H2,1H3,(H,19,20). The van der Waals surface area contributed by atoms with Gasteiger partial charge in [0.05, 0.1) is 12.5 Å². The Bertz CT molecular complexity index is 633. The minimum Gasteiger partial charge on any atom is -0.349 e. The first-order chi connectivity index (χ1) is 9.74. The van der Waals surface area contributed by atoms with Crippen molar-refractivity contribution in [3.05, 3.63) is 70.8 Å².